The molecule has 1 aliphatic carbocycles. The first-order chi connectivity index (χ1) is 13.7. The summed E-state index contributed by atoms with van der Waals surface area (Å²) in [5, 5.41) is 11.0. The van der Waals surface area contributed by atoms with E-state index in [0.717, 1.165) is 37.1 Å². The lowest BCUT2D eigenvalue weighted by Crippen LogP contribution is -2.32. The average Bonchev–Trinajstić information content (AvgIpc) is 3.22. The Balaban J connectivity index is 1.34. The van der Waals surface area contributed by atoms with Gasteiger partial charge in [0, 0.05) is 5.56 Å². The van der Waals surface area contributed by atoms with Crippen LogP contribution in [0.15, 0.2) is 53.7 Å². The summed E-state index contributed by atoms with van der Waals surface area (Å²) >= 11 is 1.36. The van der Waals surface area contributed by atoms with Gasteiger partial charge >= 0.3 is 0 Å². The molecule has 1 heterocycles. The molecule has 4 rings (SSSR count). The Morgan fingerprint density at radius 3 is 2.86 bits per heavy atom. The van der Waals surface area contributed by atoms with E-state index in [1.807, 2.05) is 18.2 Å². The molecule has 144 valence electrons. The standard InChI is InChI=1S/C22H24N4OS/c1-2-15-10-12-17(13-11-15)21-24-22(26-25-21)28-14-20(27)23-19-9-5-7-16-6-3-4-8-18(16)19/h3-4,6,8,10-13,19H,2,5,7,9,14H2,1H3,(H,23,27)(H,24,25,26)/t19-/m0/s1. The van der Waals surface area contributed by atoms with Gasteiger partial charge in [-0.1, -0.05) is 67.2 Å². The van der Waals surface area contributed by atoms with Crippen molar-refractivity contribution < 1.29 is 4.79 Å². The predicted octanol–water partition coefficient (Wildman–Crippen LogP) is 4.32. The summed E-state index contributed by atoms with van der Waals surface area (Å²) in [5.74, 6) is 1.06. The fourth-order valence-electron chi connectivity index (χ4n) is 3.61. The van der Waals surface area contributed by atoms with E-state index < -0.39 is 0 Å². The van der Waals surface area contributed by atoms with Crippen LogP contribution in [0, 0.1) is 0 Å². The van der Waals surface area contributed by atoms with Gasteiger partial charge in [0.15, 0.2) is 5.82 Å². The molecule has 0 saturated heterocycles. The fourth-order valence-corrected chi connectivity index (χ4v) is 4.22. The van der Waals surface area contributed by atoms with E-state index in [1.165, 1.54) is 28.5 Å². The molecular weight excluding hydrogens is 368 g/mol. The highest BCUT2D eigenvalue weighted by Gasteiger charge is 2.21. The van der Waals surface area contributed by atoms with Crippen molar-refractivity contribution in [1.82, 2.24) is 20.5 Å². The summed E-state index contributed by atoms with van der Waals surface area (Å²) in [6, 6.07) is 16.8. The van der Waals surface area contributed by atoms with Crippen molar-refractivity contribution in [3.8, 4) is 11.4 Å². The van der Waals surface area contributed by atoms with Crippen LogP contribution in [0.25, 0.3) is 11.4 Å². The summed E-state index contributed by atoms with van der Waals surface area (Å²) < 4.78 is 0. The zero-order valence-electron chi connectivity index (χ0n) is 15.9. The Morgan fingerprint density at radius 1 is 1.21 bits per heavy atom. The van der Waals surface area contributed by atoms with Crippen molar-refractivity contribution in [3.05, 3.63) is 65.2 Å². The number of aromatic amines is 1. The van der Waals surface area contributed by atoms with Crippen LogP contribution in [0.1, 0.15) is 42.5 Å². The van der Waals surface area contributed by atoms with Crippen LogP contribution in [0.5, 0.6) is 0 Å². The second kappa shape index (κ2) is 8.61. The lowest BCUT2D eigenvalue weighted by atomic mass is 9.88. The molecule has 2 aromatic carbocycles. The second-order valence-electron chi connectivity index (χ2n) is 7.02. The van der Waals surface area contributed by atoms with Gasteiger partial charge in [-0.3, -0.25) is 9.89 Å². The van der Waals surface area contributed by atoms with Crippen molar-refractivity contribution in [1.29, 1.82) is 0 Å². The van der Waals surface area contributed by atoms with Gasteiger partial charge in [0.2, 0.25) is 11.1 Å². The molecule has 1 amide bonds. The molecule has 1 atom stereocenters. The maximum absolute atomic E-state index is 12.4. The first-order valence-electron chi connectivity index (χ1n) is 9.74. The van der Waals surface area contributed by atoms with E-state index in [1.54, 1.807) is 0 Å². The van der Waals surface area contributed by atoms with Crippen LogP contribution in [0.4, 0.5) is 0 Å². The third-order valence-corrected chi connectivity index (χ3v) is 5.98. The Labute approximate surface area is 169 Å². The first kappa shape index (κ1) is 18.7. The van der Waals surface area contributed by atoms with Gasteiger partial charge in [-0.05, 0) is 42.4 Å². The van der Waals surface area contributed by atoms with Crippen molar-refractivity contribution in [2.45, 2.75) is 43.8 Å². The minimum atomic E-state index is 0.0188. The van der Waals surface area contributed by atoms with Crippen LogP contribution in [-0.4, -0.2) is 26.8 Å². The number of carbonyl (C=O) groups excluding carboxylic acids is 1. The maximum Gasteiger partial charge on any atom is 0.230 e. The van der Waals surface area contributed by atoms with Crippen LogP contribution in [-0.2, 0) is 17.6 Å². The molecule has 5 nitrogen and oxygen atoms in total. The number of hydrogen-bond donors (Lipinski definition) is 2. The molecule has 0 saturated carbocycles. The van der Waals surface area contributed by atoms with Gasteiger partial charge in [-0.2, -0.15) is 0 Å². The Hall–Kier alpha value is -2.60. The Bertz CT molecular complexity index is 951. The number of hydrogen-bond acceptors (Lipinski definition) is 4. The van der Waals surface area contributed by atoms with Crippen LogP contribution >= 0.6 is 11.8 Å². The summed E-state index contributed by atoms with van der Waals surface area (Å²) in [6.45, 7) is 2.13. The summed E-state index contributed by atoms with van der Waals surface area (Å²) in [4.78, 5) is 17.0. The number of amides is 1. The van der Waals surface area contributed by atoms with Crippen molar-refractivity contribution >= 4 is 17.7 Å². The van der Waals surface area contributed by atoms with E-state index >= 15 is 0 Å². The molecule has 1 aromatic heterocycles. The second-order valence-corrected chi connectivity index (χ2v) is 7.96. The van der Waals surface area contributed by atoms with Crippen molar-refractivity contribution in [3.63, 3.8) is 0 Å². The molecule has 0 fully saturated rings. The maximum atomic E-state index is 12.4. The van der Waals surface area contributed by atoms with Gasteiger partial charge in [0.05, 0.1) is 11.8 Å². The highest BCUT2D eigenvalue weighted by molar-refractivity contribution is 7.99. The average molecular weight is 393 g/mol. The number of benzene rings is 2. The lowest BCUT2D eigenvalue weighted by Gasteiger charge is -2.26. The summed E-state index contributed by atoms with van der Waals surface area (Å²) in [5.41, 5.74) is 4.89. The van der Waals surface area contributed by atoms with Crippen molar-refractivity contribution in [2.24, 2.45) is 0 Å². The molecule has 0 spiro atoms. The number of carbonyl (C=O) groups is 1. The lowest BCUT2D eigenvalue weighted by molar-refractivity contribution is -0.119. The number of aromatic nitrogens is 3. The third kappa shape index (κ3) is 4.28. The van der Waals surface area contributed by atoms with Gasteiger partial charge in [0.1, 0.15) is 0 Å². The molecule has 28 heavy (non-hydrogen) atoms. The molecule has 6 heteroatoms. The number of fused-ring (bicyclic) bond motifs is 1. The number of aryl methyl sites for hydroxylation is 2. The normalized spacial score (nSPS) is 15.8. The first-order valence-corrected chi connectivity index (χ1v) is 10.7. The third-order valence-electron chi connectivity index (χ3n) is 5.14. The Kier molecular flexibility index (Phi) is 5.76. The monoisotopic (exact) mass is 392 g/mol. The van der Waals surface area contributed by atoms with Crippen LogP contribution < -0.4 is 5.32 Å². The SMILES string of the molecule is CCc1ccc(-c2nc(SCC(=O)N[C@H]3CCCc4ccccc43)n[nH]2)cc1. The van der Waals surface area contributed by atoms with Gasteiger partial charge < -0.3 is 5.32 Å². The largest absolute Gasteiger partial charge is 0.349 e. The predicted molar refractivity (Wildman–Crippen MR) is 112 cm³/mol. The quantitative estimate of drug-likeness (QED) is 0.613. The van der Waals surface area contributed by atoms with Gasteiger partial charge in [-0.25, -0.2) is 4.98 Å². The molecule has 0 aliphatic heterocycles. The number of nitrogens with zero attached hydrogens (tertiary/aromatic N) is 2. The topological polar surface area (TPSA) is 70.7 Å². The molecule has 1 aliphatic rings. The molecule has 0 radical (unpaired) electrons. The smallest absolute Gasteiger partial charge is 0.230 e. The van der Waals surface area contributed by atoms with E-state index in [-0.39, 0.29) is 11.9 Å². The fraction of sp³-hybridized carbons (Fsp3) is 0.318. The molecular formula is C22H24N4OS. The molecule has 2 N–H and O–H groups in total. The van der Waals surface area contributed by atoms with Crippen LogP contribution in [0.3, 0.4) is 0 Å². The minimum absolute atomic E-state index is 0.0188. The van der Waals surface area contributed by atoms with Gasteiger partial charge in [-0.15, -0.1) is 5.10 Å². The minimum Gasteiger partial charge on any atom is -0.349 e. The highest BCUT2D eigenvalue weighted by Crippen LogP contribution is 2.29. The molecule has 0 bridgehead atoms. The number of H-pyrrole nitrogens is 1. The number of rotatable bonds is 6. The number of nitrogens with one attached hydrogen (secondary N) is 2. The molecule has 0 unspecified atom stereocenters. The number of thioether (sulfide) groups is 1. The van der Waals surface area contributed by atoms with E-state index in [4.69, 9.17) is 0 Å². The van der Waals surface area contributed by atoms with E-state index in [9.17, 15) is 4.79 Å². The Morgan fingerprint density at radius 2 is 2.04 bits per heavy atom. The van der Waals surface area contributed by atoms with Gasteiger partial charge in [0.25, 0.3) is 0 Å². The van der Waals surface area contributed by atoms with E-state index in [0.29, 0.717) is 10.9 Å². The zero-order valence-corrected chi connectivity index (χ0v) is 16.8. The summed E-state index contributed by atoms with van der Waals surface area (Å²) in [7, 11) is 0. The zero-order chi connectivity index (χ0) is 19.3. The van der Waals surface area contributed by atoms with Crippen LogP contribution in [0.2, 0.25) is 0 Å². The van der Waals surface area contributed by atoms with E-state index in [2.05, 4.69) is 57.8 Å². The summed E-state index contributed by atoms with van der Waals surface area (Å²) in [6.07, 6.45) is 4.21. The highest BCUT2D eigenvalue weighted by atomic mass is 32.2. The van der Waals surface area contributed by atoms with Crippen molar-refractivity contribution in [2.75, 3.05) is 5.75 Å². The molecule has 3 aromatic rings.